The predicted octanol–water partition coefficient (Wildman–Crippen LogP) is 11.4. The molecule has 2 N–H and O–H groups in total. The molecule has 308 valence electrons. The van der Waals surface area contributed by atoms with Crippen LogP contribution in [0.4, 0.5) is 22.7 Å². The van der Waals surface area contributed by atoms with Crippen molar-refractivity contribution in [3.05, 3.63) is 99.1 Å². The summed E-state index contributed by atoms with van der Waals surface area (Å²) in [5.74, 6) is -5.73. The Morgan fingerprint density at radius 3 is 0.724 bits per heavy atom. The first kappa shape index (κ1) is 42.4. The second-order valence-electron chi connectivity index (χ2n) is 18.0. The Labute approximate surface area is 332 Å². The first-order chi connectivity index (χ1) is 26.4. The van der Waals surface area contributed by atoms with E-state index >= 15 is 0 Å². The normalized spacial score (nSPS) is 13.0. The number of ether oxygens (including phenoxy) is 4. The Morgan fingerprint density at radius 2 is 0.569 bits per heavy atom. The zero-order chi connectivity index (χ0) is 43.8. The fourth-order valence-electron chi connectivity index (χ4n) is 6.32. The van der Waals surface area contributed by atoms with Crippen LogP contribution in [0.15, 0.2) is 36.4 Å². The average molecular weight is 805 g/mol. The van der Waals surface area contributed by atoms with E-state index in [1.165, 1.54) is 0 Å². The number of nitrogens with zero attached hydrogens (tertiary/aromatic N) is 4. The van der Waals surface area contributed by atoms with Gasteiger partial charge in [0.2, 0.25) is 34.5 Å². The summed E-state index contributed by atoms with van der Waals surface area (Å²) in [5, 5.41) is 74.4. The van der Waals surface area contributed by atoms with Gasteiger partial charge in [0, 0.05) is 34.4 Å². The second kappa shape index (κ2) is 14.0. The molecule has 0 unspecified atom stereocenters. The quantitative estimate of drug-likeness (QED) is 0.127. The van der Waals surface area contributed by atoms with Crippen molar-refractivity contribution < 1.29 is 48.9 Å². The molecule has 4 aromatic carbocycles. The van der Waals surface area contributed by atoms with Crippen LogP contribution in [0.2, 0.25) is 0 Å². The van der Waals surface area contributed by atoms with Crippen LogP contribution in [0.25, 0.3) is 0 Å². The highest BCUT2D eigenvalue weighted by Crippen LogP contribution is 2.58. The molecular formula is C40H44N4O14. The van der Waals surface area contributed by atoms with Gasteiger partial charge in [-0.05, 0) is 33.8 Å². The molecule has 0 atom stereocenters. The summed E-state index contributed by atoms with van der Waals surface area (Å²) in [6.07, 6.45) is 0. The van der Waals surface area contributed by atoms with Crippen LogP contribution < -0.4 is 18.9 Å². The molecule has 18 heteroatoms. The molecule has 58 heavy (non-hydrogen) atoms. The molecule has 0 aromatic heterocycles. The third-order valence-electron chi connectivity index (χ3n) is 9.36. The van der Waals surface area contributed by atoms with E-state index in [4.69, 9.17) is 18.9 Å². The Kier molecular flexibility index (Phi) is 10.3. The summed E-state index contributed by atoms with van der Waals surface area (Å²) in [4.78, 5) is 46.4. The molecule has 18 nitrogen and oxygen atoms in total. The minimum absolute atomic E-state index is 0.274. The van der Waals surface area contributed by atoms with E-state index in [0.29, 0.717) is 12.1 Å². The van der Waals surface area contributed by atoms with E-state index in [0.717, 1.165) is 12.1 Å². The highest BCUT2D eigenvalue weighted by molar-refractivity contribution is 5.72. The summed E-state index contributed by atoms with van der Waals surface area (Å²) in [5.41, 5.74) is -6.00. The summed E-state index contributed by atoms with van der Waals surface area (Å²) in [7, 11) is 0. The van der Waals surface area contributed by atoms with Gasteiger partial charge in [0.15, 0.2) is 23.0 Å². The fraction of sp³-hybridized carbons (Fsp3) is 0.400. The van der Waals surface area contributed by atoms with Crippen LogP contribution in [0.1, 0.15) is 105 Å². The van der Waals surface area contributed by atoms with Gasteiger partial charge in [-0.1, -0.05) is 83.1 Å². The van der Waals surface area contributed by atoms with E-state index in [1.807, 2.05) is 0 Å². The Hall–Kier alpha value is -6.72. The number of hydrogen-bond acceptors (Lipinski definition) is 14. The molecule has 8 bridgehead atoms. The lowest BCUT2D eigenvalue weighted by atomic mass is 9.79. The van der Waals surface area contributed by atoms with Crippen molar-refractivity contribution in [3.8, 4) is 57.5 Å². The van der Waals surface area contributed by atoms with Gasteiger partial charge < -0.3 is 29.2 Å². The lowest BCUT2D eigenvalue weighted by molar-refractivity contribution is -0.395. The lowest BCUT2D eigenvalue weighted by Crippen LogP contribution is -2.19. The molecule has 0 amide bonds. The van der Waals surface area contributed by atoms with Gasteiger partial charge in [0.25, 0.3) is 0 Å². The highest BCUT2D eigenvalue weighted by Gasteiger charge is 2.39. The van der Waals surface area contributed by atoms with Crippen LogP contribution >= 0.6 is 0 Å². The van der Waals surface area contributed by atoms with Crippen molar-refractivity contribution in [2.45, 2.75) is 105 Å². The smallest absolute Gasteiger partial charge is 0.318 e. The maximum atomic E-state index is 12.5. The van der Waals surface area contributed by atoms with Gasteiger partial charge in [-0.25, -0.2) is 0 Å². The maximum Gasteiger partial charge on any atom is 0.318 e. The molecule has 1 aliphatic rings. The summed E-state index contributed by atoms with van der Waals surface area (Å²) in [6, 6.07) is 6.13. The third kappa shape index (κ3) is 7.81. The average Bonchev–Trinajstić information content (AvgIpc) is 3.05. The molecule has 0 spiro atoms. The van der Waals surface area contributed by atoms with Gasteiger partial charge in [0.1, 0.15) is 12.1 Å². The Balaban J connectivity index is 2.08. The number of rotatable bonds is 4. The molecule has 0 saturated heterocycles. The first-order valence-electron chi connectivity index (χ1n) is 17.9. The third-order valence-corrected chi connectivity index (χ3v) is 9.36. The molecule has 0 radical (unpaired) electrons. The molecule has 1 heterocycles. The van der Waals surface area contributed by atoms with Crippen molar-refractivity contribution >= 4 is 22.7 Å². The summed E-state index contributed by atoms with van der Waals surface area (Å²) in [6.45, 7) is 21.1. The number of fused-ring (bicyclic) bond motifs is 8. The summed E-state index contributed by atoms with van der Waals surface area (Å²) >= 11 is 0. The lowest BCUT2D eigenvalue weighted by Gasteiger charge is -2.31. The van der Waals surface area contributed by atoms with E-state index in [1.54, 1.807) is 95.2 Å². The fourth-order valence-corrected chi connectivity index (χ4v) is 6.32. The second-order valence-corrected chi connectivity index (χ2v) is 18.0. The zero-order valence-corrected chi connectivity index (χ0v) is 34.0. The van der Waals surface area contributed by atoms with Crippen LogP contribution in [0.5, 0.6) is 57.5 Å². The number of phenols is 2. The molecule has 0 saturated carbocycles. The zero-order valence-electron chi connectivity index (χ0n) is 34.0. The number of phenolic OH excluding ortho intramolecular Hbond substituents is 2. The number of benzene rings is 4. The van der Waals surface area contributed by atoms with Gasteiger partial charge in [-0.3, -0.25) is 40.5 Å². The largest absolute Gasteiger partial charge is 0.502 e. The van der Waals surface area contributed by atoms with E-state index in [2.05, 4.69) is 0 Å². The summed E-state index contributed by atoms with van der Waals surface area (Å²) < 4.78 is 24.8. The van der Waals surface area contributed by atoms with Gasteiger partial charge in [-0.15, -0.1) is 0 Å². The number of aromatic hydroxyl groups is 2. The molecule has 4 aromatic rings. The highest BCUT2D eigenvalue weighted by atomic mass is 16.6. The van der Waals surface area contributed by atoms with E-state index in [9.17, 15) is 50.7 Å². The van der Waals surface area contributed by atoms with Crippen LogP contribution in [0, 0.1) is 40.5 Å². The number of nitro benzene ring substituents is 4. The van der Waals surface area contributed by atoms with Gasteiger partial charge in [0.05, 0.1) is 19.7 Å². The van der Waals surface area contributed by atoms with Crippen LogP contribution in [-0.2, 0) is 21.7 Å². The molecule has 5 rings (SSSR count). The minimum Gasteiger partial charge on any atom is -0.502 e. The molecule has 0 fully saturated rings. The predicted molar refractivity (Wildman–Crippen MR) is 211 cm³/mol. The van der Waals surface area contributed by atoms with Crippen molar-refractivity contribution in [2.75, 3.05) is 0 Å². The number of nitro groups is 4. The van der Waals surface area contributed by atoms with E-state index < -0.39 is 122 Å². The van der Waals surface area contributed by atoms with Crippen molar-refractivity contribution in [1.82, 2.24) is 0 Å². The van der Waals surface area contributed by atoms with Crippen molar-refractivity contribution in [1.29, 1.82) is 0 Å². The van der Waals surface area contributed by atoms with Gasteiger partial charge in [-0.2, -0.15) is 0 Å². The van der Waals surface area contributed by atoms with Crippen LogP contribution in [-0.4, -0.2) is 29.9 Å². The van der Waals surface area contributed by atoms with Crippen molar-refractivity contribution in [3.63, 3.8) is 0 Å². The Bertz CT molecular complexity index is 2110. The van der Waals surface area contributed by atoms with E-state index in [-0.39, 0.29) is 22.3 Å². The molecule has 0 aliphatic carbocycles. The number of hydrogen-bond donors (Lipinski definition) is 2. The SMILES string of the molecule is CC(C)(C)c1cc(C(C)(C)C)c2c(O)c1Oc1cc(c([N+](=O)[O-])cc1[N+](=O)[O-])Oc1c(C(C)(C)C)cc(C(C)(C)C)c(c1O)Oc1cc(c([N+](=O)[O-])cc1[N+](=O)[O-])O2. The molecular weight excluding hydrogens is 760 g/mol. The standard InChI is InChI=1S/C40H44N4O14/c1-37(2,3)19-13-20(38(4,5)6)34-31(45)33(19)55-27-17-28(24(42(49)50)15-23(27)41(47)48)57-35-21(39(7,8)9)14-22(40(10,11)12)36(32(35)46)58-30-18-29(56-34)25(43(51)52)16-26(30)44(53)54/h13-18,45-46H,1-12H3. The maximum absolute atomic E-state index is 12.5. The minimum atomic E-state index is -0.928. The first-order valence-corrected chi connectivity index (χ1v) is 17.9. The van der Waals surface area contributed by atoms with Gasteiger partial charge >= 0.3 is 22.7 Å². The molecule has 1 aliphatic heterocycles. The Morgan fingerprint density at radius 1 is 0.379 bits per heavy atom. The monoisotopic (exact) mass is 804 g/mol. The van der Waals surface area contributed by atoms with Crippen LogP contribution in [0.3, 0.4) is 0 Å². The topological polar surface area (TPSA) is 250 Å². The van der Waals surface area contributed by atoms with Crippen molar-refractivity contribution in [2.24, 2.45) is 0 Å².